The zero-order valence-electron chi connectivity index (χ0n) is 21.8. The minimum absolute atomic E-state index is 0.0822. The number of nitrogens with zero attached hydrogens (tertiary/aromatic N) is 3. The Balaban J connectivity index is 1.28. The van der Waals surface area contributed by atoms with Crippen LogP contribution in [0.3, 0.4) is 0 Å². The number of fused-ring (bicyclic) bond motifs is 1. The van der Waals surface area contributed by atoms with Crippen molar-refractivity contribution in [3.8, 4) is 16.9 Å². The fourth-order valence-electron chi connectivity index (χ4n) is 4.79. The summed E-state index contributed by atoms with van der Waals surface area (Å²) in [4.78, 5) is 32.6. The molecule has 0 spiro atoms. The fraction of sp³-hybridized carbons (Fsp3) is 0.464. The third-order valence-corrected chi connectivity index (χ3v) is 7.74. The molecule has 0 aliphatic carbocycles. The maximum atomic E-state index is 12.4. The van der Waals surface area contributed by atoms with Gasteiger partial charge in [-0.1, -0.05) is 12.1 Å². The minimum atomic E-state index is -0.485. The first kappa shape index (κ1) is 25.3. The van der Waals surface area contributed by atoms with E-state index in [9.17, 15) is 9.59 Å². The molecule has 2 amide bonds. The second kappa shape index (κ2) is 10.2. The van der Waals surface area contributed by atoms with Crippen molar-refractivity contribution in [2.24, 2.45) is 5.92 Å². The van der Waals surface area contributed by atoms with Crippen LogP contribution in [0.4, 0.5) is 10.5 Å². The number of carbonyl (C=O) groups is 2. The summed E-state index contributed by atoms with van der Waals surface area (Å²) >= 11 is 1.57. The van der Waals surface area contributed by atoms with E-state index >= 15 is 0 Å². The van der Waals surface area contributed by atoms with Crippen LogP contribution in [-0.4, -0.2) is 66.3 Å². The number of nitrogens with one attached hydrogen (secondary N) is 1. The van der Waals surface area contributed by atoms with Gasteiger partial charge in [-0.25, -0.2) is 9.78 Å². The van der Waals surface area contributed by atoms with Gasteiger partial charge in [-0.05, 0) is 63.1 Å². The molecule has 2 aliphatic rings. The molecule has 2 aromatic carbocycles. The Morgan fingerprint density at radius 2 is 1.84 bits per heavy atom. The first-order valence-corrected chi connectivity index (χ1v) is 13.7. The summed E-state index contributed by atoms with van der Waals surface area (Å²) < 4.78 is 12.9. The lowest BCUT2D eigenvalue weighted by Gasteiger charge is -2.36. The van der Waals surface area contributed by atoms with E-state index in [1.807, 2.05) is 33.2 Å². The smallest absolute Gasteiger partial charge is 0.410 e. The Kier molecular flexibility index (Phi) is 6.98. The molecule has 1 N–H and O–H groups in total. The van der Waals surface area contributed by atoms with Crippen LogP contribution in [0.25, 0.3) is 21.3 Å². The van der Waals surface area contributed by atoms with E-state index < -0.39 is 5.60 Å². The van der Waals surface area contributed by atoms with Gasteiger partial charge in [-0.2, -0.15) is 0 Å². The summed E-state index contributed by atoms with van der Waals surface area (Å²) in [7, 11) is 0. The number of thiazole rings is 1. The summed E-state index contributed by atoms with van der Waals surface area (Å²) in [5.41, 5.74) is 5.52. The highest BCUT2D eigenvalue weighted by Crippen LogP contribution is 2.36. The SMILES string of the molecule is CC(Oc1cc(-c2ccc(N3CCN(C(=O)OC(C)(C)C)CC3)cc2)cc2ncsc12)[C@H]1CNC(=O)C1. The molecule has 0 radical (unpaired) electrons. The van der Waals surface area contributed by atoms with E-state index in [0.29, 0.717) is 26.1 Å². The molecule has 2 aliphatic heterocycles. The number of aromatic nitrogens is 1. The number of anilines is 1. The van der Waals surface area contributed by atoms with Crippen LogP contribution in [0, 0.1) is 5.92 Å². The summed E-state index contributed by atoms with van der Waals surface area (Å²) in [6, 6.07) is 12.7. The number of piperazine rings is 1. The first-order chi connectivity index (χ1) is 17.7. The first-order valence-electron chi connectivity index (χ1n) is 12.8. The third-order valence-electron chi connectivity index (χ3n) is 6.88. The van der Waals surface area contributed by atoms with Gasteiger partial charge in [-0.3, -0.25) is 4.79 Å². The molecule has 0 saturated carbocycles. The predicted molar refractivity (Wildman–Crippen MR) is 146 cm³/mol. The Labute approximate surface area is 221 Å². The Morgan fingerprint density at radius 1 is 1.11 bits per heavy atom. The van der Waals surface area contributed by atoms with E-state index in [2.05, 4.69) is 51.6 Å². The zero-order chi connectivity index (χ0) is 26.2. The Hall–Kier alpha value is -3.33. The van der Waals surface area contributed by atoms with E-state index in [0.717, 1.165) is 45.9 Å². The van der Waals surface area contributed by atoms with Crippen molar-refractivity contribution < 1.29 is 19.1 Å². The van der Waals surface area contributed by atoms with Crippen LogP contribution < -0.4 is 15.0 Å². The largest absolute Gasteiger partial charge is 0.489 e. The molecule has 3 heterocycles. The average Bonchev–Trinajstić information content (AvgIpc) is 3.52. The minimum Gasteiger partial charge on any atom is -0.489 e. The van der Waals surface area contributed by atoms with Crippen molar-refractivity contribution in [2.45, 2.75) is 45.8 Å². The number of hydrogen-bond donors (Lipinski definition) is 1. The van der Waals surface area contributed by atoms with Gasteiger partial charge in [0.05, 0.1) is 15.7 Å². The van der Waals surface area contributed by atoms with Crippen molar-refractivity contribution >= 4 is 39.2 Å². The van der Waals surface area contributed by atoms with Crippen LogP contribution >= 0.6 is 11.3 Å². The third kappa shape index (κ3) is 5.82. The molecule has 1 aromatic heterocycles. The number of amides is 2. The highest BCUT2D eigenvalue weighted by molar-refractivity contribution is 7.17. The van der Waals surface area contributed by atoms with Gasteiger partial charge in [0.1, 0.15) is 17.5 Å². The van der Waals surface area contributed by atoms with Crippen molar-refractivity contribution in [1.82, 2.24) is 15.2 Å². The van der Waals surface area contributed by atoms with Gasteiger partial charge in [0.2, 0.25) is 5.91 Å². The van der Waals surface area contributed by atoms with Gasteiger partial charge < -0.3 is 24.6 Å². The molecule has 1 unspecified atom stereocenters. The summed E-state index contributed by atoms with van der Waals surface area (Å²) in [5.74, 6) is 1.06. The highest BCUT2D eigenvalue weighted by Gasteiger charge is 2.29. The van der Waals surface area contributed by atoms with Gasteiger partial charge in [-0.15, -0.1) is 11.3 Å². The molecular formula is C28H34N4O4S. The van der Waals surface area contributed by atoms with Crippen LogP contribution in [0.1, 0.15) is 34.1 Å². The second-order valence-corrected chi connectivity index (χ2v) is 11.6. The van der Waals surface area contributed by atoms with E-state index in [1.165, 1.54) is 0 Å². The number of hydrogen-bond acceptors (Lipinski definition) is 7. The summed E-state index contributed by atoms with van der Waals surface area (Å²) in [5, 5.41) is 2.90. The Bertz CT molecular complexity index is 1280. The summed E-state index contributed by atoms with van der Waals surface area (Å²) in [6.45, 7) is 11.1. The molecule has 2 saturated heterocycles. The average molecular weight is 523 g/mol. The normalized spacial score (nSPS) is 19.1. The van der Waals surface area contributed by atoms with Crippen molar-refractivity contribution in [1.29, 1.82) is 0 Å². The number of carbonyl (C=O) groups excluding carboxylic acids is 2. The molecule has 37 heavy (non-hydrogen) atoms. The van der Waals surface area contributed by atoms with Crippen LogP contribution in [0.5, 0.6) is 5.75 Å². The molecular weight excluding hydrogens is 488 g/mol. The highest BCUT2D eigenvalue weighted by atomic mass is 32.1. The Morgan fingerprint density at radius 3 is 2.49 bits per heavy atom. The van der Waals surface area contributed by atoms with Crippen LogP contribution in [-0.2, 0) is 9.53 Å². The van der Waals surface area contributed by atoms with Crippen LogP contribution in [0.2, 0.25) is 0 Å². The van der Waals surface area contributed by atoms with E-state index in [-0.39, 0.29) is 24.0 Å². The van der Waals surface area contributed by atoms with Crippen molar-refractivity contribution in [3.05, 3.63) is 41.9 Å². The number of rotatable bonds is 5. The second-order valence-electron chi connectivity index (χ2n) is 10.8. The van der Waals surface area contributed by atoms with Gasteiger partial charge in [0, 0.05) is 50.7 Å². The predicted octanol–water partition coefficient (Wildman–Crippen LogP) is 4.92. The lowest BCUT2D eigenvalue weighted by molar-refractivity contribution is -0.119. The molecule has 0 bridgehead atoms. The molecule has 8 nitrogen and oxygen atoms in total. The molecule has 196 valence electrons. The van der Waals surface area contributed by atoms with Crippen LogP contribution in [0.15, 0.2) is 41.9 Å². The lowest BCUT2D eigenvalue weighted by atomic mass is 10.0. The summed E-state index contributed by atoms with van der Waals surface area (Å²) in [6.07, 6.45) is 0.171. The zero-order valence-corrected chi connectivity index (χ0v) is 22.6. The van der Waals surface area contributed by atoms with Gasteiger partial charge in [0.15, 0.2) is 0 Å². The van der Waals surface area contributed by atoms with Gasteiger partial charge >= 0.3 is 6.09 Å². The maximum absolute atomic E-state index is 12.4. The lowest BCUT2D eigenvalue weighted by Crippen LogP contribution is -2.50. The van der Waals surface area contributed by atoms with Crippen molar-refractivity contribution in [2.75, 3.05) is 37.6 Å². The topological polar surface area (TPSA) is 84.0 Å². The van der Waals surface area contributed by atoms with E-state index in [4.69, 9.17) is 9.47 Å². The quantitative estimate of drug-likeness (QED) is 0.512. The monoisotopic (exact) mass is 522 g/mol. The molecule has 5 rings (SSSR count). The maximum Gasteiger partial charge on any atom is 0.410 e. The van der Waals surface area contributed by atoms with E-state index in [1.54, 1.807) is 16.2 Å². The van der Waals surface area contributed by atoms with Crippen molar-refractivity contribution in [3.63, 3.8) is 0 Å². The molecule has 2 fully saturated rings. The number of ether oxygens (including phenoxy) is 2. The standard InChI is InChI=1S/C28H34N4O4S/c1-18(21-15-25(33)29-16-21)35-24-14-20(13-23-26(24)37-17-30-23)19-5-7-22(8-6-19)31-9-11-32(12-10-31)27(34)36-28(2,3)4/h5-8,13-14,17-18,21H,9-12,15-16H2,1-4H3,(H,29,33)/t18?,21-/m1/s1. The van der Waals surface area contributed by atoms with Gasteiger partial charge in [0.25, 0.3) is 0 Å². The number of benzene rings is 2. The molecule has 2 atom stereocenters. The molecule has 3 aromatic rings. The molecule has 9 heteroatoms. The fourth-order valence-corrected chi connectivity index (χ4v) is 5.51.